The number of aryl methyl sites for hydroxylation is 1. The molecule has 2 rings (SSSR count). The molecule has 0 atom stereocenters. The number of amides is 2. The topological polar surface area (TPSA) is 58.2 Å². The molecule has 0 saturated heterocycles. The van der Waals surface area contributed by atoms with Gasteiger partial charge in [-0.05, 0) is 24.0 Å². The number of hydrogen-bond acceptors (Lipinski definition) is 2. The van der Waals surface area contributed by atoms with Gasteiger partial charge in [-0.1, -0.05) is 60.7 Å². The van der Waals surface area contributed by atoms with E-state index in [1.165, 1.54) is 5.56 Å². The highest BCUT2D eigenvalue weighted by Gasteiger charge is 2.11. The molecule has 22 heavy (non-hydrogen) atoms. The predicted octanol–water partition coefficient (Wildman–Crippen LogP) is 2.05. The fraction of sp³-hybridized carbons (Fsp3) is 0.222. The van der Waals surface area contributed by atoms with Gasteiger partial charge in [-0.2, -0.15) is 0 Å². The Hall–Kier alpha value is -2.62. The minimum Gasteiger partial charge on any atom is -0.348 e. The van der Waals surface area contributed by atoms with Gasteiger partial charge in [0.25, 0.3) is 0 Å². The standard InChI is InChI=1S/C18H20N2O2/c21-17(18(22)20-14-16-10-5-2-6-11-16)19-13-7-12-15-8-3-1-4-9-15/h1-6,8-11H,7,12-14H2,(H,19,21)(H,20,22). The van der Waals surface area contributed by atoms with Crippen LogP contribution in [0.15, 0.2) is 60.7 Å². The molecule has 0 radical (unpaired) electrons. The van der Waals surface area contributed by atoms with Crippen LogP contribution in [0.2, 0.25) is 0 Å². The normalized spacial score (nSPS) is 10.0. The molecular weight excluding hydrogens is 276 g/mol. The fourth-order valence-corrected chi connectivity index (χ4v) is 2.08. The molecule has 2 N–H and O–H groups in total. The summed E-state index contributed by atoms with van der Waals surface area (Å²) in [5, 5.41) is 5.24. The number of benzene rings is 2. The van der Waals surface area contributed by atoms with Gasteiger partial charge in [0, 0.05) is 13.1 Å². The lowest BCUT2D eigenvalue weighted by molar-refractivity contribution is -0.139. The molecule has 0 bridgehead atoms. The van der Waals surface area contributed by atoms with Crippen molar-refractivity contribution in [3.05, 3.63) is 71.8 Å². The average molecular weight is 296 g/mol. The smallest absolute Gasteiger partial charge is 0.309 e. The largest absolute Gasteiger partial charge is 0.348 e. The maximum Gasteiger partial charge on any atom is 0.309 e. The Labute approximate surface area is 130 Å². The molecule has 2 amide bonds. The van der Waals surface area contributed by atoms with E-state index in [0.717, 1.165) is 18.4 Å². The maximum absolute atomic E-state index is 11.7. The number of rotatable bonds is 6. The predicted molar refractivity (Wildman–Crippen MR) is 86.1 cm³/mol. The van der Waals surface area contributed by atoms with Gasteiger partial charge >= 0.3 is 11.8 Å². The summed E-state index contributed by atoms with van der Waals surface area (Å²) < 4.78 is 0. The Morgan fingerprint density at radius 2 is 1.27 bits per heavy atom. The molecule has 0 aromatic heterocycles. The van der Waals surface area contributed by atoms with Gasteiger partial charge in [-0.25, -0.2) is 0 Å². The van der Waals surface area contributed by atoms with Gasteiger partial charge in [-0.15, -0.1) is 0 Å². The fourth-order valence-electron chi connectivity index (χ4n) is 2.08. The lowest BCUT2D eigenvalue weighted by Crippen LogP contribution is -2.40. The molecule has 0 aliphatic carbocycles. The van der Waals surface area contributed by atoms with Crippen molar-refractivity contribution in [2.45, 2.75) is 19.4 Å². The molecule has 2 aromatic carbocycles. The van der Waals surface area contributed by atoms with Crippen LogP contribution in [0.1, 0.15) is 17.5 Å². The number of carbonyl (C=O) groups excluding carboxylic acids is 2. The first-order chi connectivity index (χ1) is 10.8. The van der Waals surface area contributed by atoms with Crippen LogP contribution in [0, 0.1) is 0 Å². The second kappa shape index (κ2) is 8.62. The molecule has 114 valence electrons. The lowest BCUT2D eigenvalue weighted by Gasteiger charge is -2.06. The summed E-state index contributed by atoms with van der Waals surface area (Å²) in [5.74, 6) is -1.17. The molecule has 4 nitrogen and oxygen atoms in total. The first-order valence-corrected chi connectivity index (χ1v) is 7.39. The summed E-state index contributed by atoms with van der Waals surface area (Å²) in [6.45, 7) is 0.851. The van der Waals surface area contributed by atoms with E-state index in [1.54, 1.807) is 0 Å². The quantitative estimate of drug-likeness (QED) is 0.633. The molecule has 0 fully saturated rings. The van der Waals surface area contributed by atoms with Crippen molar-refractivity contribution in [2.24, 2.45) is 0 Å². The van der Waals surface area contributed by atoms with Gasteiger partial charge in [0.2, 0.25) is 0 Å². The van der Waals surface area contributed by atoms with Gasteiger partial charge in [0.05, 0.1) is 0 Å². The van der Waals surface area contributed by atoms with Crippen LogP contribution in [-0.4, -0.2) is 18.4 Å². The van der Waals surface area contributed by atoms with Crippen LogP contribution in [0.3, 0.4) is 0 Å². The van der Waals surface area contributed by atoms with Gasteiger partial charge in [0.15, 0.2) is 0 Å². The molecule has 0 aliphatic rings. The van der Waals surface area contributed by atoms with Gasteiger partial charge in [0.1, 0.15) is 0 Å². The highest BCUT2D eigenvalue weighted by Crippen LogP contribution is 2.01. The second-order valence-corrected chi connectivity index (χ2v) is 5.01. The minimum atomic E-state index is -0.594. The molecule has 2 aromatic rings. The Morgan fingerprint density at radius 3 is 1.91 bits per heavy atom. The van der Waals surface area contributed by atoms with E-state index < -0.39 is 11.8 Å². The lowest BCUT2D eigenvalue weighted by atomic mass is 10.1. The molecule has 0 aliphatic heterocycles. The third-order valence-electron chi connectivity index (χ3n) is 3.27. The maximum atomic E-state index is 11.7. The third kappa shape index (κ3) is 5.40. The van der Waals surface area contributed by atoms with Crippen molar-refractivity contribution in [1.82, 2.24) is 10.6 Å². The van der Waals surface area contributed by atoms with Crippen molar-refractivity contribution in [2.75, 3.05) is 6.54 Å². The summed E-state index contributed by atoms with van der Waals surface area (Å²) in [6, 6.07) is 19.6. The van der Waals surface area contributed by atoms with Crippen LogP contribution < -0.4 is 10.6 Å². The molecule has 0 heterocycles. The van der Waals surface area contributed by atoms with Gasteiger partial charge < -0.3 is 10.6 Å². The van der Waals surface area contributed by atoms with E-state index in [-0.39, 0.29) is 0 Å². The van der Waals surface area contributed by atoms with Crippen LogP contribution >= 0.6 is 0 Å². The van der Waals surface area contributed by atoms with E-state index in [9.17, 15) is 9.59 Å². The van der Waals surface area contributed by atoms with E-state index in [0.29, 0.717) is 13.1 Å². The summed E-state index contributed by atoms with van der Waals surface area (Å²) in [4.78, 5) is 23.3. The first-order valence-electron chi connectivity index (χ1n) is 7.39. The average Bonchev–Trinajstić information content (AvgIpc) is 2.58. The number of hydrogen-bond donors (Lipinski definition) is 2. The van der Waals surface area contributed by atoms with Crippen molar-refractivity contribution < 1.29 is 9.59 Å². The minimum absolute atomic E-state index is 0.358. The highest BCUT2D eigenvalue weighted by molar-refractivity contribution is 6.35. The Kier molecular flexibility index (Phi) is 6.18. The molecule has 0 spiro atoms. The van der Waals surface area contributed by atoms with Crippen molar-refractivity contribution >= 4 is 11.8 Å². The number of nitrogens with one attached hydrogen (secondary N) is 2. The Bertz CT molecular complexity index is 597. The van der Waals surface area contributed by atoms with Crippen molar-refractivity contribution in [3.63, 3.8) is 0 Å². The number of carbonyl (C=O) groups is 2. The first kappa shape index (κ1) is 15.8. The second-order valence-electron chi connectivity index (χ2n) is 5.01. The molecule has 4 heteroatoms. The molecule has 0 saturated carbocycles. The highest BCUT2D eigenvalue weighted by atomic mass is 16.2. The van der Waals surface area contributed by atoms with Gasteiger partial charge in [-0.3, -0.25) is 9.59 Å². The Balaban J connectivity index is 1.63. The SMILES string of the molecule is O=C(NCCCc1ccccc1)C(=O)NCc1ccccc1. The van der Waals surface area contributed by atoms with Crippen LogP contribution in [0.5, 0.6) is 0 Å². The zero-order valence-corrected chi connectivity index (χ0v) is 12.4. The summed E-state index contributed by atoms with van der Waals surface area (Å²) in [7, 11) is 0. The zero-order valence-electron chi connectivity index (χ0n) is 12.4. The van der Waals surface area contributed by atoms with E-state index >= 15 is 0 Å². The van der Waals surface area contributed by atoms with E-state index in [1.807, 2.05) is 60.7 Å². The van der Waals surface area contributed by atoms with Crippen LogP contribution in [0.4, 0.5) is 0 Å². The summed E-state index contributed by atoms with van der Waals surface area (Å²) >= 11 is 0. The zero-order chi connectivity index (χ0) is 15.6. The molecular formula is C18H20N2O2. The summed E-state index contributed by atoms with van der Waals surface area (Å²) in [6.07, 6.45) is 1.69. The molecule has 0 unspecified atom stereocenters. The van der Waals surface area contributed by atoms with Crippen molar-refractivity contribution in [3.8, 4) is 0 Å². The third-order valence-corrected chi connectivity index (χ3v) is 3.27. The Morgan fingerprint density at radius 1 is 0.727 bits per heavy atom. The van der Waals surface area contributed by atoms with Crippen LogP contribution in [-0.2, 0) is 22.6 Å². The summed E-state index contributed by atoms with van der Waals surface area (Å²) in [5.41, 5.74) is 2.19. The van der Waals surface area contributed by atoms with E-state index in [2.05, 4.69) is 10.6 Å². The van der Waals surface area contributed by atoms with Crippen LogP contribution in [0.25, 0.3) is 0 Å². The monoisotopic (exact) mass is 296 g/mol. The van der Waals surface area contributed by atoms with Crippen molar-refractivity contribution in [1.29, 1.82) is 0 Å². The van der Waals surface area contributed by atoms with E-state index in [4.69, 9.17) is 0 Å².